The molecule has 8 nitrogen and oxygen atoms in total. The monoisotopic (exact) mass is 480 g/mol. The maximum absolute atomic E-state index is 13.3. The number of aromatic nitrogens is 2. The van der Waals surface area contributed by atoms with E-state index >= 15 is 0 Å². The lowest BCUT2D eigenvalue weighted by molar-refractivity contribution is -0.384. The van der Waals surface area contributed by atoms with Crippen molar-refractivity contribution in [1.82, 2.24) is 9.78 Å². The number of nitrogens with zero attached hydrogens (tertiary/aromatic N) is 4. The molecule has 2 unspecified atom stereocenters. The number of aliphatic imine (C=N–C) groups is 1. The van der Waals surface area contributed by atoms with E-state index in [0.717, 1.165) is 16.8 Å². The number of para-hydroxylation sites is 1. The summed E-state index contributed by atoms with van der Waals surface area (Å²) in [4.78, 5) is 29.3. The lowest BCUT2D eigenvalue weighted by atomic mass is 9.75. The van der Waals surface area contributed by atoms with E-state index in [1.165, 1.54) is 12.1 Å². The molecule has 0 saturated carbocycles. The van der Waals surface area contributed by atoms with Crippen LogP contribution < -0.4 is 0 Å². The van der Waals surface area contributed by atoms with Crippen LogP contribution in [-0.4, -0.2) is 33.0 Å². The number of ether oxygens (including phenoxy) is 1. The van der Waals surface area contributed by atoms with Crippen LogP contribution in [0, 0.1) is 16.0 Å². The van der Waals surface area contributed by atoms with E-state index in [-0.39, 0.29) is 12.3 Å². The molecule has 3 aromatic carbocycles. The molecule has 2 heterocycles. The molecule has 0 saturated heterocycles. The van der Waals surface area contributed by atoms with Crippen molar-refractivity contribution in [3.05, 3.63) is 106 Å². The fourth-order valence-electron chi connectivity index (χ4n) is 4.75. The average molecular weight is 481 g/mol. The van der Waals surface area contributed by atoms with Crippen molar-refractivity contribution in [3.8, 4) is 16.9 Å². The van der Waals surface area contributed by atoms with E-state index in [1.54, 1.807) is 30.7 Å². The molecule has 1 aromatic heterocycles. The van der Waals surface area contributed by atoms with Crippen molar-refractivity contribution < 1.29 is 14.5 Å². The second-order valence-corrected chi connectivity index (χ2v) is 8.51. The Bertz CT molecular complexity index is 1460. The first kappa shape index (κ1) is 23.2. The first-order valence-corrected chi connectivity index (χ1v) is 11.7. The molecule has 0 fully saturated rings. The topological polar surface area (TPSA) is 99.6 Å². The summed E-state index contributed by atoms with van der Waals surface area (Å²) in [6, 6.07) is 25.7. The molecule has 5 rings (SSSR count). The Kier molecular flexibility index (Phi) is 6.16. The third-order valence-electron chi connectivity index (χ3n) is 6.30. The fourth-order valence-corrected chi connectivity index (χ4v) is 4.75. The van der Waals surface area contributed by atoms with Crippen LogP contribution >= 0.6 is 0 Å². The summed E-state index contributed by atoms with van der Waals surface area (Å²) in [6.07, 6.45) is 0. The lowest BCUT2D eigenvalue weighted by Gasteiger charge is -2.30. The zero-order valence-electron chi connectivity index (χ0n) is 19.9. The third kappa shape index (κ3) is 4.07. The number of hydrogen-bond acceptors (Lipinski definition) is 6. The predicted octanol–water partition coefficient (Wildman–Crippen LogP) is 5.86. The van der Waals surface area contributed by atoms with Gasteiger partial charge in [-0.15, -0.1) is 0 Å². The van der Waals surface area contributed by atoms with Gasteiger partial charge in [-0.25, -0.2) is 9.67 Å². The van der Waals surface area contributed by atoms with Gasteiger partial charge in [-0.05, 0) is 31.5 Å². The molecule has 0 amide bonds. The quantitative estimate of drug-likeness (QED) is 0.195. The van der Waals surface area contributed by atoms with E-state index in [0.29, 0.717) is 22.8 Å². The van der Waals surface area contributed by atoms with Crippen LogP contribution in [0.25, 0.3) is 16.9 Å². The number of esters is 1. The number of carbonyl (C=O) groups excluding carboxylic acids is 1. The summed E-state index contributed by atoms with van der Waals surface area (Å²) in [5.41, 5.74) is 4.21. The van der Waals surface area contributed by atoms with E-state index in [9.17, 15) is 14.9 Å². The minimum Gasteiger partial charge on any atom is -0.465 e. The van der Waals surface area contributed by atoms with Crippen molar-refractivity contribution in [2.45, 2.75) is 19.8 Å². The number of carbonyl (C=O) groups is 1. The Morgan fingerprint density at radius 1 is 1.03 bits per heavy atom. The lowest BCUT2D eigenvalue weighted by Crippen LogP contribution is -2.33. The van der Waals surface area contributed by atoms with Gasteiger partial charge in [0.15, 0.2) is 5.82 Å². The molecule has 0 aliphatic carbocycles. The number of nitro groups is 1. The van der Waals surface area contributed by atoms with Gasteiger partial charge in [0.2, 0.25) is 0 Å². The summed E-state index contributed by atoms with van der Waals surface area (Å²) in [5, 5.41) is 16.6. The SMILES string of the molecule is CCOC(=O)C1C(C)=Nc2c(c(-c3ccccc3)nn2-c2ccccc2)C1c1cccc([N+](=O)[O-])c1. The fraction of sp³-hybridized carbons (Fsp3) is 0.179. The molecular weight excluding hydrogens is 456 g/mol. The van der Waals surface area contributed by atoms with Gasteiger partial charge in [0, 0.05) is 34.9 Å². The van der Waals surface area contributed by atoms with E-state index in [4.69, 9.17) is 14.8 Å². The summed E-state index contributed by atoms with van der Waals surface area (Å²) < 4.78 is 7.22. The molecule has 2 atom stereocenters. The first-order valence-electron chi connectivity index (χ1n) is 11.7. The minimum atomic E-state index is -0.754. The Hall–Kier alpha value is -4.59. The molecule has 0 N–H and O–H groups in total. The number of non-ortho nitro benzene ring substituents is 1. The summed E-state index contributed by atoms with van der Waals surface area (Å²) in [7, 11) is 0. The highest BCUT2D eigenvalue weighted by molar-refractivity contribution is 6.05. The summed E-state index contributed by atoms with van der Waals surface area (Å²) >= 11 is 0. The second kappa shape index (κ2) is 9.58. The number of rotatable bonds is 6. The van der Waals surface area contributed by atoms with Crippen molar-refractivity contribution in [2.75, 3.05) is 6.61 Å². The van der Waals surface area contributed by atoms with Crippen LogP contribution in [-0.2, 0) is 9.53 Å². The maximum atomic E-state index is 13.3. The molecular formula is C28H24N4O4. The highest BCUT2D eigenvalue weighted by atomic mass is 16.6. The standard InChI is InChI=1S/C28H24N4O4/c1-3-36-28(33)23-18(2)29-27-25(24(23)20-13-10-16-22(17-20)32(34)35)26(19-11-6-4-7-12-19)30-31(27)21-14-8-5-9-15-21/h4-17,23-24H,3H2,1-2H3. The Labute approximate surface area is 208 Å². The molecule has 1 aliphatic heterocycles. The highest BCUT2D eigenvalue weighted by Gasteiger charge is 2.43. The minimum absolute atomic E-state index is 0.0477. The maximum Gasteiger partial charge on any atom is 0.315 e. The van der Waals surface area contributed by atoms with Crippen LogP contribution in [0.5, 0.6) is 0 Å². The normalized spacial score (nSPS) is 16.7. The third-order valence-corrected chi connectivity index (χ3v) is 6.30. The van der Waals surface area contributed by atoms with Gasteiger partial charge in [0.1, 0.15) is 5.92 Å². The van der Waals surface area contributed by atoms with Crippen molar-refractivity contribution in [2.24, 2.45) is 10.9 Å². The number of benzene rings is 3. The van der Waals surface area contributed by atoms with Crippen LogP contribution in [0.2, 0.25) is 0 Å². The Balaban J connectivity index is 1.83. The first-order chi connectivity index (χ1) is 17.5. The molecule has 36 heavy (non-hydrogen) atoms. The van der Waals surface area contributed by atoms with Crippen molar-refractivity contribution in [3.63, 3.8) is 0 Å². The average Bonchev–Trinajstić information content (AvgIpc) is 3.28. The number of nitro benzene ring substituents is 1. The Morgan fingerprint density at radius 2 is 1.72 bits per heavy atom. The van der Waals surface area contributed by atoms with E-state index < -0.39 is 22.7 Å². The van der Waals surface area contributed by atoms with Gasteiger partial charge in [-0.3, -0.25) is 14.9 Å². The van der Waals surface area contributed by atoms with Crippen LogP contribution in [0.15, 0.2) is 89.9 Å². The van der Waals surface area contributed by atoms with Crippen LogP contribution in [0.4, 0.5) is 11.5 Å². The van der Waals surface area contributed by atoms with Crippen molar-refractivity contribution >= 4 is 23.2 Å². The summed E-state index contributed by atoms with van der Waals surface area (Å²) in [6.45, 7) is 3.76. The van der Waals surface area contributed by atoms with Gasteiger partial charge < -0.3 is 4.74 Å². The van der Waals surface area contributed by atoms with Gasteiger partial charge in [-0.1, -0.05) is 60.7 Å². The highest BCUT2D eigenvalue weighted by Crippen LogP contribution is 2.48. The largest absolute Gasteiger partial charge is 0.465 e. The predicted molar refractivity (Wildman–Crippen MR) is 137 cm³/mol. The zero-order valence-corrected chi connectivity index (χ0v) is 19.9. The molecule has 8 heteroatoms. The van der Waals surface area contributed by atoms with Gasteiger partial charge in [-0.2, -0.15) is 5.10 Å². The number of hydrogen-bond donors (Lipinski definition) is 0. The molecule has 180 valence electrons. The van der Waals surface area contributed by atoms with Crippen LogP contribution in [0.3, 0.4) is 0 Å². The van der Waals surface area contributed by atoms with Crippen LogP contribution in [0.1, 0.15) is 30.9 Å². The molecule has 1 aliphatic rings. The van der Waals surface area contributed by atoms with Crippen molar-refractivity contribution in [1.29, 1.82) is 0 Å². The van der Waals surface area contributed by atoms with Gasteiger partial charge in [0.25, 0.3) is 5.69 Å². The van der Waals surface area contributed by atoms with E-state index in [2.05, 4.69) is 0 Å². The smallest absolute Gasteiger partial charge is 0.315 e. The Morgan fingerprint density at radius 3 is 2.39 bits per heavy atom. The molecule has 0 bridgehead atoms. The zero-order chi connectivity index (χ0) is 25.2. The molecule has 0 radical (unpaired) electrons. The molecule has 4 aromatic rings. The van der Waals surface area contributed by atoms with Gasteiger partial charge in [0.05, 0.1) is 22.9 Å². The molecule has 0 spiro atoms. The summed E-state index contributed by atoms with van der Waals surface area (Å²) in [5.74, 6) is -1.17. The van der Waals surface area contributed by atoms with Gasteiger partial charge >= 0.3 is 5.97 Å². The van der Waals surface area contributed by atoms with E-state index in [1.807, 2.05) is 60.7 Å². The second-order valence-electron chi connectivity index (χ2n) is 8.51. The number of fused-ring (bicyclic) bond motifs is 1.